The normalized spacial score (nSPS) is 14.5. The molecule has 1 aromatic heterocycles. The molecule has 5 aromatic rings. The molecule has 0 saturated carbocycles. The number of fused-ring (bicyclic) bond motifs is 2. The zero-order chi connectivity index (χ0) is 32.4. The number of hydrogen-bond donors (Lipinski definition) is 0. The number of benzene rings is 4. The highest BCUT2D eigenvalue weighted by Crippen LogP contribution is 2.42. The molecule has 2 heterocycles. The Kier molecular flexibility index (Phi) is 8.63. The Labute approximate surface area is 269 Å². The second-order valence-electron chi connectivity index (χ2n) is 10.3. The number of rotatable bonds is 9. The fraction of sp³-hybridized carbons (Fsp3) is 0.194. The Morgan fingerprint density at radius 3 is 2.20 bits per heavy atom. The van der Waals surface area contributed by atoms with Crippen molar-refractivity contribution >= 4 is 39.9 Å². The van der Waals surface area contributed by atoms with Crippen LogP contribution in [-0.4, -0.2) is 45.6 Å². The molecule has 0 fully saturated rings. The predicted octanol–water partition coefficient (Wildman–Crippen LogP) is 5.12. The van der Waals surface area contributed by atoms with Crippen molar-refractivity contribution in [3.8, 4) is 23.0 Å². The molecule has 0 aliphatic carbocycles. The average Bonchev–Trinajstić information content (AvgIpc) is 3.40. The van der Waals surface area contributed by atoms with Gasteiger partial charge in [-0.2, -0.15) is 0 Å². The van der Waals surface area contributed by atoms with Crippen LogP contribution in [0.1, 0.15) is 29.7 Å². The maximum Gasteiger partial charge on any atom is 0.338 e. The Hall–Kier alpha value is -5.35. The molecular weight excluding hydrogens is 604 g/mol. The Morgan fingerprint density at radius 2 is 1.54 bits per heavy atom. The zero-order valence-electron chi connectivity index (χ0n) is 26.0. The van der Waals surface area contributed by atoms with Gasteiger partial charge in [0.15, 0.2) is 16.3 Å². The van der Waals surface area contributed by atoms with Crippen LogP contribution in [0.3, 0.4) is 0 Å². The van der Waals surface area contributed by atoms with E-state index in [4.69, 9.17) is 28.7 Å². The summed E-state index contributed by atoms with van der Waals surface area (Å²) in [4.78, 5) is 33.9. The van der Waals surface area contributed by atoms with Crippen molar-refractivity contribution in [2.45, 2.75) is 13.0 Å². The predicted molar refractivity (Wildman–Crippen MR) is 178 cm³/mol. The van der Waals surface area contributed by atoms with Gasteiger partial charge in [-0.25, -0.2) is 9.79 Å². The smallest absolute Gasteiger partial charge is 0.338 e. The highest BCUT2D eigenvalue weighted by molar-refractivity contribution is 7.07. The second kappa shape index (κ2) is 12.9. The molecule has 0 spiro atoms. The standard InChI is InChI=1S/C36H32N2O7S/c1-6-45-35(40)30-31(23-13-8-7-9-14-23)37-36-38(32(30)29-24-15-11-10-12-22(24)16-17-25(29)41-2)34(39)28(46-36)20-21-18-26(42-3)33(44-5)27(19-21)43-4/h7-20,32H,6H2,1-5H3/b28-20+/t32-/m1/s1. The van der Waals surface area contributed by atoms with E-state index >= 15 is 0 Å². The van der Waals surface area contributed by atoms with Crippen molar-refractivity contribution in [2.24, 2.45) is 4.99 Å². The van der Waals surface area contributed by atoms with Gasteiger partial charge in [-0.3, -0.25) is 9.36 Å². The van der Waals surface area contributed by atoms with Gasteiger partial charge in [0.2, 0.25) is 5.75 Å². The first-order valence-electron chi connectivity index (χ1n) is 14.6. The summed E-state index contributed by atoms with van der Waals surface area (Å²) in [6.45, 7) is 1.90. The van der Waals surface area contributed by atoms with Crippen molar-refractivity contribution in [2.75, 3.05) is 35.0 Å². The molecule has 0 radical (unpaired) electrons. The lowest BCUT2D eigenvalue weighted by Gasteiger charge is -2.28. The molecule has 0 saturated heterocycles. The quantitative estimate of drug-likeness (QED) is 0.207. The number of nitrogens with zero attached hydrogens (tertiary/aromatic N) is 2. The van der Waals surface area contributed by atoms with Crippen molar-refractivity contribution in [1.82, 2.24) is 4.57 Å². The van der Waals surface area contributed by atoms with Gasteiger partial charge in [-0.05, 0) is 47.5 Å². The number of methoxy groups -OCH3 is 4. The molecular formula is C36H32N2O7S. The first-order valence-corrected chi connectivity index (χ1v) is 15.4. The van der Waals surface area contributed by atoms with E-state index in [-0.39, 0.29) is 17.7 Å². The fourth-order valence-electron chi connectivity index (χ4n) is 5.79. The summed E-state index contributed by atoms with van der Waals surface area (Å²) >= 11 is 1.22. The van der Waals surface area contributed by atoms with E-state index < -0.39 is 12.0 Å². The van der Waals surface area contributed by atoms with Gasteiger partial charge >= 0.3 is 5.97 Å². The van der Waals surface area contributed by atoms with Crippen LogP contribution >= 0.6 is 11.3 Å². The van der Waals surface area contributed by atoms with Gasteiger partial charge < -0.3 is 23.7 Å². The molecule has 0 bridgehead atoms. The maximum absolute atomic E-state index is 14.5. The molecule has 9 nitrogen and oxygen atoms in total. The van der Waals surface area contributed by atoms with Crippen LogP contribution in [0.5, 0.6) is 23.0 Å². The Bertz CT molecular complexity index is 2140. The number of aromatic nitrogens is 1. The topological polar surface area (TPSA) is 97.6 Å². The highest BCUT2D eigenvalue weighted by Gasteiger charge is 2.37. The van der Waals surface area contributed by atoms with Gasteiger partial charge in [0.05, 0.1) is 50.8 Å². The molecule has 10 heteroatoms. The summed E-state index contributed by atoms with van der Waals surface area (Å²) in [6.07, 6.45) is 1.75. The number of thiazole rings is 1. The van der Waals surface area contributed by atoms with E-state index in [2.05, 4.69) is 0 Å². The summed E-state index contributed by atoms with van der Waals surface area (Å²) in [6, 6.07) is 23.7. The minimum atomic E-state index is -0.909. The number of carbonyl (C=O) groups is 1. The lowest BCUT2D eigenvalue weighted by Crippen LogP contribution is -2.40. The second-order valence-corrected chi connectivity index (χ2v) is 11.3. The summed E-state index contributed by atoms with van der Waals surface area (Å²) in [7, 11) is 6.18. The third-order valence-corrected chi connectivity index (χ3v) is 8.77. The fourth-order valence-corrected chi connectivity index (χ4v) is 6.79. The number of carbonyl (C=O) groups excluding carboxylic acids is 1. The van der Waals surface area contributed by atoms with E-state index in [1.54, 1.807) is 36.8 Å². The summed E-state index contributed by atoms with van der Waals surface area (Å²) in [5, 5.41) is 1.77. The van der Waals surface area contributed by atoms with Crippen LogP contribution in [0.15, 0.2) is 94.2 Å². The number of hydrogen-bond acceptors (Lipinski definition) is 9. The van der Waals surface area contributed by atoms with Crippen molar-refractivity contribution in [3.63, 3.8) is 0 Å². The molecule has 1 aliphatic rings. The molecule has 46 heavy (non-hydrogen) atoms. The first kappa shape index (κ1) is 30.7. The molecule has 1 aliphatic heterocycles. The highest BCUT2D eigenvalue weighted by atomic mass is 32.1. The largest absolute Gasteiger partial charge is 0.496 e. The van der Waals surface area contributed by atoms with Crippen LogP contribution in [0, 0.1) is 0 Å². The van der Waals surface area contributed by atoms with Crippen LogP contribution < -0.4 is 33.8 Å². The number of esters is 1. The molecule has 6 rings (SSSR count). The van der Waals surface area contributed by atoms with Crippen LogP contribution in [-0.2, 0) is 9.53 Å². The maximum atomic E-state index is 14.5. The number of ether oxygens (including phenoxy) is 5. The van der Waals surface area contributed by atoms with Gasteiger partial charge in [-0.15, -0.1) is 0 Å². The van der Waals surface area contributed by atoms with E-state index in [0.29, 0.717) is 49.2 Å². The van der Waals surface area contributed by atoms with Crippen LogP contribution in [0.25, 0.3) is 22.5 Å². The molecule has 234 valence electrons. The molecule has 0 N–H and O–H groups in total. The van der Waals surface area contributed by atoms with Gasteiger partial charge in [-0.1, -0.05) is 72.0 Å². The van der Waals surface area contributed by atoms with Gasteiger partial charge in [0, 0.05) is 11.1 Å². The van der Waals surface area contributed by atoms with E-state index in [9.17, 15) is 9.59 Å². The lowest BCUT2D eigenvalue weighted by atomic mass is 9.89. The van der Waals surface area contributed by atoms with E-state index in [1.165, 1.54) is 32.7 Å². The molecule has 1 atom stereocenters. The van der Waals surface area contributed by atoms with Crippen LogP contribution in [0.2, 0.25) is 0 Å². The summed E-state index contributed by atoms with van der Waals surface area (Å²) < 4.78 is 30.1. The third-order valence-electron chi connectivity index (χ3n) is 7.78. The minimum absolute atomic E-state index is 0.148. The summed E-state index contributed by atoms with van der Waals surface area (Å²) in [5.74, 6) is 1.31. The monoisotopic (exact) mass is 636 g/mol. The van der Waals surface area contributed by atoms with E-state index in [0.717, 1.165) is 16.3 Å². The van der Waals surface area contributed by atoms with E-state index in [1.807, 2.05) is 66.7 Å². The molecule has 0 amide bonds. The van der Waals surface area contributed by atoms with Gasteiger partial charge in [0.1, 0.15) is 11.8 Å². The minimum Gasteiger partial charge on any atom is -0.496 e. The zero-order valence-corrected chi connectivity index (χ0v) is 26.8. The SMILES string of the molecule is CCOC(=O)C1=C(c2ccccc2)N=c2s/c(=C/c3cc(OC)c(OC)c(OC)c3)c(=O)n2[C@@H]1c1c(OC)ccc2ccccc12. The van der Waals surface area contributed by atoms with Crippen molar-refractivity contribution in [1.29, 1.82) is 0 Å². The molecule has 0 unspecified atom stereocenters. The summed E-state index contributed by atoms with van der Waals surface area (Å²) in [5.41, 5.74) is 2.39. The Balaban J connectivity index is 1.72. The Morgan fingerprint density at radius 1 is 0.870 bits per heavy atom. The van der Waals surface area contributed by atoms with Crippen LogP contribution in [0.4, 0.5) is 0 Å². The van der Waals surface area contributed by atoms with Crippen molar-refractivity contribution < 1.29 is 28.5 Å². The van der Waals surface area contributed by atoms with Crippen molar-refractivity contribution in [3.05, 3.63) is 121 Å². The van der Waals surface area contributed by atoms with Gasteiger partial charge in [0.25, 0.3) is 5.56 Å². The average molecular weight is 637 g/mol. The molecule has 4 aromatic carbocycles. The third kappa shape index (κ3) is 5.30. The first-order chi connectivity index (χ1) is 22.4. The lowest BCUT2D eigenvalue weighted by molar-refractivity contribution is -0.138.